The molecule has 0 aliphatic carbocycles. The predicted octanol–water partition coefficient (Wildman–Crippen LogP) is 5.11. The minimum atomic E-state index is -0.285. The standard InChI is InChI=1S/C29H32N8O2S/c1-18-23(13-19(14-30-18)33-26(38)9-12-36-11-6-10-29(36,2)3)34-27(39)22-16-32-37-17-25(40-28(22)37)20-7-5-8-24-21(20)15-31-35(24)4/h5,7-8,13-17H,6,9-12H2,1-4H3,(H,33,38)(H,34,39). The van der Waals surface area contributed by atoms with E-state index in [-0.39, 0.29) is 17.4 Å². The summed E-state index contributed by atoms with van der Waals surface area (Å²) in [7, 11) is 1.92. The Kier molecular flexibility index (Phi) is 6.63. The van der Waals surface area contributed by atoms with Crippen molar-refractivity contribution < 1.29 is 9.59 Å². The number of pyridine rings is 1. The molecule has 0 radical (unpaired) electrons. The summed E-state index contributed by atoms with van der Waals surface area (Å²) >= 11 is 1.50. The number of aromatic nitrogens is 5. The first-order valence-electron chi connectivity index (χ1n) is 13.4. The molecule has 11 heteroatoms. The van der Waals surface area contributed by atoms with E-state index in [1.165, 1.54) is 11.3 Å². The number of nitrogens with one attached hydrogen (secondary N) is 2. The van der Waals surface area contributed by atoms with Crippen LogP contribution in [0.25, 0.3) is 26.2 Å². The second-order valence-corrected chi connectivity index (χ2v) is 12.0. The van der Waals surface area contributed by atoms with Crippen LogP contribution in [0.4, 0.5) is 11.4 Å². The van der Waals surface area contributed by atoms with E-state index in [9.17, 15) is 9.59 Å². The number of anilines is 2. The van der Waals surface area contributed by atoms with Crippen molar-refractivity contribution in [3.05, 3.63) is 60.3 Å². The molecule has 1 fully saturated rings. The fourth-order valence-corrected chi connectivity index (χ4v) is 6.51. The van der Waals surface area contributed by atoms with E-state index in [4.69, 9.17) is 0 Å². The molecule has 1 aromatic carbocycles. The van der Waals surface area contributed by atoms with Gasteiger partial charge in [0.15, 0.2) is 0 Å². The predicted molar refractivity (Wildman–Crippen MR) is 158 cm³/mol. The molecule has 10 nitrogen and oxygen atoms in total. The van der Waals surface area contributed by atoms with Gasteiger partial charge in [0.05, 0.1) is 51.6 Å². The zero-order valence-corrected chi connectivity index (χ0v) is 23.9. The summed E-state index contributed by atoms with van der Waals surface area (Å²) < 4.78 is 3.57. The van der Waals surface area contributed by atoms with E-state index in [2.05, 4.69) is 50.6 Å². The van der Waals surface area contributed by atoms with Gasteiger partial charge in [-0.15, -0.1) is 11.3 Å². The first-order chi connectivity index (χ1) is 19.2. The number of carbonyl (C=O) groups is 2. The minimum absolute atomic E-state index is 0.0706. The van der Waals surface area contributed by atoms with Crippen LogP contribution in [0.5, 0.6) is 0 Å². The van der Waals surface area contributed by atoms with Crippen molar-refractivity contribution in [1.82, 2.24) is 29.3 Å². The van der Waals surface area contributed by atoms with Crippen molar-refractivity contribution in [2.45, 2.75) is 45.6 Å². The third kappa shape index (κ3) is 4.86. The summed E-state index contributed by atoms with van der Waals surface area (Å²) in [5.41, 5.74) is 4.44. The van der Waals surface area contributed by atoms with Crippen LogP contribution in [0, 0.1) is 6.92 Å². The number of hydrogen-bond donors (Lipinski definition) is 2. The maximum absolute atomic E-state index is 13.4. The molecule has 0 saturated carbocycles. The highest BCUT2D eigenvalue weighted by molar-refractivity contribution is 7.21. The van der Waals surface area contributed by atoms with Gasteiger partial charge < -0.3 is 10.6 Å². The number of fused-ring (bicyclic) bond motifs is 2. The average Bonchev–Trinajstić information content (AvgIpc) is 3.68. The molecule has 1 saturated heterocycles. The Hall–Kier alpha value is -4.09. The summed E-state index contributed by atoms with van der Waals surface area (Å²) in [6, 6.07) is 7.84. The smallest absolute Gasteiger partial charge is 0.260 e. The van der Waals surface area contributed by atoms with Crippen molar-refractivity contribution in [3.8, 4) is 10.4 Å². The fraction of sp³-hybridized carbons (Fsp3) is 0.345. The van der Waals surface area contributed by atoms with Crippen LogP contribution < -0.4 is 10.6 Å². The summed E-state index contributed by atoms with van der Waals surface area (Å²) in [6.45, 7) is 8.02. The van der Waals surface area contributed by atoms with E-state index in [0.29, 0.717) is 29.1 Å². The zero-order chi connectivity index (χ0) is 28.0. The quantitative estimate of drug-likeness (QED) is 0.288. The Morgan fingerprint density at radius 1 is 1.12 bits per heavy atom. The average molecular weight is 557 g/mol. The Labute approximate surface area is 236 Å². The number of nitrogens with zero attached hydrogens (tertiary/aromatic N) is 6. The highest BCUT2D eigenvalue weighted by Crippen LogP contribution is 2.35. The number of benzene rings is 1. The molecule has 5 aromatic rings. The molecule has 6 rings (SSSR count). The van der Waals surface area contributed by atoms with Crippen molar-refractivity contribution in [1.29, 1.82) is 0 Å². The molecular weight excluding hydrogens is 524 g/mol. The van der Waals surface area contributed by atoms with E-state index in [1.54, 1.807) is 23.0 Å². The van der Waals surface area contributed by atoms with Gasteiger partial charge in [0.1, 0.15) is 4.83 Å². The lowest BCUT2D eigenvalue weighted by atomic mass is 10.0. The summed E-state index contributed by atoms with van der Waals surface area (Å²) in [6.07, 6.45) is 9.70. The SMILES string of the molecule is Cc1ncc(NC(=O)CCN2CCCC2(C)C)cc1NC(=O)c1cnn2cc(-c3cccc4c3cnn4C)sc12. The van der Waals surface area contributed by atoms with E-state index in [0.717, 1.165) is 52.1 Å². The topological polar surface area (TPSA) is 109 Å². The Morgan fingerprint density at radius 3 is 2.77 bits per heavy atom. The Balaban J connectivity index is 1.17. The first kappa shape index (κ1) is 26.1. The van der Waals surface area contributed by atoms with Crippen LogP contribution in [0.1, 0.15) is 49.2 Å². The largest absolute Gasteiger partial charge is 0.325 e. The van der Waals surface area contributed by atoms with Crippen molar-refractivity contribution in [3.63, 3.8) is 0 Å². The van der Waals surface area contributed by atoms with Crippen molar-refractivity contribution in [2.24, 2.45) is 7.05 Å². The van der Waals surface area contributed by atoms with Gasteiger partial charge in [0.25, 0.3) is 5.91 Å². The second kappa shape index (κ2) is 10.1. The van der Waals surface area contributed by atoms with Crippen LogP contribution in [0.15, 0.2) is 49.1 Å². The molecule has 40 heavy (non-hydrogen) atoms. The normalized spacial score (nSPS) is 15.2. The molecule has 1 aliphatic heterocycles. The van der Waals surface area contributed by atoms with Crippen molar-refractivity contribution in [2.75, 3.05) is 23.7 Å². The summed E-state index contributed by atoms with van der Waals surface area (Å²) in [5.74, 6) is -0.355. The number of thiazole rings is 1. The number of rotatable bonds is 7. The second-order valence-electron chi connectivity index (χ2n) is 10.9. The fourth-order valence-electron chi connectivity index (χ4n) is 5.41. The molecule has 0 bridgehead atoms. The highest BCUT2D eigenvalue weighted by atomic mass is 32.1. The third-order valence-electron chi connectivity index (χ3n) is 7.80. The lowest BCUT2D eigenvalue weighted by molar-refractivity contribution is -0.116. The molecule has 1 aliphatic rings. The zero-order valence-electron chi connectivity index (χ0n) is 23.1. The lowest BCUT2D eigenvalue weighted by Gasteiger charge is -2.31. The van der Waals surface area contributed by atoms with Gasteiger partial charge in [-0.25, -0.2) is 4.52 Å². The van der Waals surface area contributed by atoms with Crippen molar-refractivity contribution >= 4 is 50.3 Å². The molecule has 5 heterocycles. The van der Waals surface area contributed by atoms with Gasteiger partial charge >= 0.3 is 0 Å². The van der Waals surface area contributed by atoms with Crippen LogP contribution in [0.3, 0.4) is 0 Å². The maximum atomic E-state index is 13.4. The molecule has 0 spiro atoms. The number of carbonyl (C=O) groups excluding carboxylic acids is 2. The van der Waals surface area contributed by atoms with Crippen LogP contribution in [0.2, 0.25) is 0 Å². The number of amides is 2. The molecular formula is C29H32N8O2S. The summed E-state index contributed by atoms with van der Waals surface area (Å²) in [4.78, 5) is 34.5. The monoisotopic (exact) mass is 556 g/mol. The Bertz CT molecular complexity index is 1750. The number of hydrogen-bond acceptors (Lipinski definition) is 7. The number of likely N-dealkylation sites (tertiary alicyclic amines) is 1. The van der Waals surface area contributed by atoms with Crippen LogP contribution in [-0.4, -0.2) is 59.7 Å². The highest BCUT2D eigenvalue weighted by Gasteiger charge is 2.31. The minimum Gasteiger partial charge on any atom is -0.325 e. The van der Waals surface area contributed by atoms with Crippen LogP contribution >= 0.6 is 11.3 Å². The first-order valence-corrected chi connectivity index (χ1v) is 14.2. The molecule has 2 amide bonds. The molecule has 2 N–H and O–H groups in total. The van der Waals surface area contributed by atoms with Gasteiger partial charge in [0, 0.05) is 42.7 Å². The maximum Gasteiger partial charge on any atom is 0.260 e. The molecule has 0 unspecified atom stereocenters. The molecule has 4 aromatic heterocycles. The van der Waals surface area contributed by atoms with Gasteiger partial charge in [-0.3, -0.25) is 24.2 Å². The Morgan fingerprint density at radius 2 is 1.98 bits per heavy atom. The van der Waals surface area contributed by atoms with E-state index < -0.39 is 0 Å². The van der Waals surface area contributed by atoms with Crippen LogP contribution in [-0.2, 0) is 11.8 Å². The van der Waals surface area contributed by atoms with Gasteiger partial charge in [-0.2, -0.15) is 10.2 Å². The molecule has 0 atom stereocenters. The third-order valence-corrected chi connectivity index (χ3v) is 8.94. The number of aryl methyl sites for hydroxylation is 2. The lowest BCUT2D eigenvalue weighted by Crippen LogP contribution is -2.39. The molecule has 206 valence electrons. The van der Waals surface area contributed by atoms with Gasteiger partial charge in [-0.05, 0) is 52.3 Å². The van der Waals surface area contributed by atoms with E-state index >= 15 is 0 Å². The van der Waals surface area contributed by atoms with Gasteiger partial charge in [0.2, 0.25) is 5.91 Å². The van der Waals surface area contributed by atoms with Gasteiger partial charge in [-0.1, -0.05) is 12.1 Å². The van der Waals surface area contributed by atoms with E-state index in [1.807, 2.05) is 43.2 Å². The summed E-state index contributed by atoms with van der Waals surface area (Å²) in [5, 5.41) is 15.8.